The Morgan fingerprint density at radius 1 is 1.04 bits per heavy atom. The highest BCUT2D eigenvalue weighted by molar-refractivity contribution is 6.05. The number of hydrogen-bond donors (Lipinski definition) is 2. The average molecular weight is 323 g/mol. The molecule has 0 atom stereocenters. The maximum atomic E-state index is 12.2. The third-order valence-electron chi connectivity index (χ3n) is 3.30. The molecule has 0 bridgehead atoms. The van der Waals surface area contributed by atoms with Gasteiger partial charge in [0.25, 0.3) is 11.8 Å². The largest absolute Gasteiger partial charge is 0.383 e. The van der Waals surface area contributed by atoms with Gasteiger partial charge in [0.05, 0.1) is 17.9 Å². The Labute approximate surface area is 140 Å². The monoisotopic (exact) mass is 323 g/mol. The first-order valence-electron chi connectivity index (χ1n) is 7.33. The Morgan fingerprint density at radius 2 is 1.67 bits per heavy atom. The Kier molecular flexibility index (Phi) is 6.06. The molecule has 122 valence electrons. The van der Waals surface area contributed by atoms with Crippen molar-refractivity contribution in [1.82, 2.24) is 5.32 Å². The van der Waals surface area contributed by atoms with Crippen LogP contribution in [-0.4, -0.2) is 32.1 Å². The summed E-state index contributed by atoms with van der Waals surface area (Å²) >= 11 is 0. The topological polar surface area (TPSA) is 91.2 Å². The van der Waals surface area contributed by atoms with E-state index in [4.69, 9.17) is 10.00 Å². The van der Waals surface area contributed by atoms with E-state index in [0.29, 0.717) is 35.5 Å². The standard InChI is InChI=1S/C18H17N3O3/c1-24-11-10-20-17(22)13-6-8-14(9-7-13)18(23)21-16-5-3-2-4-15(16)12-19/h2-9H,10-11H2,1H3,(H,20,22)(H,21,23). The lowest BCUT2D eigenvalue weighted by Crippen LogP contribution is -2.27. The minimum Gasteiger partial charge on any atom is -0.383 e. The van der Waals surface area contributed by atoms with Crippen molar-refractivity contribution in [3.63, 3.8) is 0 Å². The van der Waals surface area contributed by atoms with Crippen molar-refractivity contribution in [2.75, 3.05) is 25.6 Å². The van der Waals surface area contributed by atoms with Crippen LogP contribution in [0, 0.1) is 11.3 Å². The fraction of sp³-hybridized carbons (Fsp3) is 0.167. The van der Waals surface area contributed by atoms with Crippen LogP contribution in [0.25, 0.3) is 0 Å². The number of anilines is 1. The molecule has 0 saturated heterocycles. The molecule has 0 aliphatic rings. The Balaban J connectivity index is 2.03. The predicted octanol–water partition coefficient (Wildman–Crippen LogP) is 2.19. The van der Waals surface area contributed by atoms with Crippen LogP contribution in [0.15, 0.2) is 48.5 Å². The van der Waals surface area contributed by atoms with E-state index in [9.17, 15) is 9.59 Å². The van der Waals surface area contributed by atoms with Crippen molar-refractivity contribution in [2.24, 2.45) is 0 Å². The molecule has 0 spiro atoms. The number of carbonyl (C=O) groups excluding carboxylic acids is 2. The number of hydrogen-bond acceptors (Lipinski definition) is 4. The van der Waals surface area contributed by atoms with Gasteiger partial charge >= 0.3 is 0 Å². The first-order valence-corrected chi connectivity index (χ1v) is 7.33. The summed E-state index contributed by atoms with van der Waals surface area (Å²) in [4.78, 5) is 24.1. The number of para-hydroxylation sites is 1. The van der Waals surface area contributed by atoms with Gasteiger partial charge in [0, 0.05) is 24.8 Å². The highest BCUT2D eigenvalue weighted by atomic mass is 16.5. The molecule has 0 heterocycles. The summed E-state index contributed by atoms with van der Waals surface area (Å²) in [6.07, 6.45) is 0. The van der Waals surface area contributed by atoms with Crippen molar-refractivity contribution in [1.29, 1.82) is 5.26 Å². The number of carbonyl (C=O) groups is 2. The molecular formula is C18H17N3O3. The summed E-state index contributed by atoms with van der Waals surface area (Å²) < 4.78 is 4.86. The van der Waals surface area contributed by atoms with Gasteiger partial charge in [-0.3, -0.25) is 9.59 Å². The van der Waals surface area contributed by atoms with E-state index in [1.54, 1.807) is 55.6 Å². The molecule has 0 unspecified atom stereocenters. The molecular weight excluding hydrogens is 306 g/mol. The lowest BCUT2D eigenvalue weighted by molar-refractivity contribution is 0.0935. The smallest absolute Gasteiger partial charge is 0.255 e. The van der Waals surface area contributed by atoms with Crippen LogP contribution in [0.2, 0.25) is 0 Å². The second kappa shape index (κ2) is 8.46. The first kappa shape index (κ1) is 17.2. The summed E-state index contributed by atoms with van der Waals surface area (Å²) in [7, 11) is 1.56. The number of ether oxygens (including phenoxy) is 1. The zero-order valence-electron chi connectivity index (χ0n) is 13.2. The summed E-state index contributed by atoms with van der Waals surface area (Å²) in [5.41, 5.74) is 1.70. The van der Waals surface area contributed by atoms with Gasteiger partial charge in [-0.05, 0) is 36.4 Å². The fourth-order valence-electron chi connectivity index (χ4n) is 2.03. The lowest BCUT2D eigenvalue weighted by atomic mass is 10.1. The summed E-state index contributed by atoms with van der Waals surface area (Å²) in [6, 6.07) is 15.1. The van der Waals surface area contributed by atoms with Gasteiger partial charge in [-0.1, -0.05) is 12.1 Å². The summed E-state index contributed by atoms with van der Waals surface area (Å²) in [5.74, 6) is -0.571. The van der Waals surface area contributed by atoms with E-state index in [0.717, 1.165) is 0 Å². The normalized spacial score (nSPS) is 9.83. The average Bonchev–Trinajstić information content (AvgIpc) is 2.62. The molecule has 2 aromatic rings. The van der Waals surface area contributed by atoms with E-state index in [1.165, 1.54) is 0 Å². The zero-order valence-corrected chi connectivity index (χ0v) is 13.2. The Hall–Kier alpha value is -3.17. The highest BCUT2D eigenvalue weighted by Gasteiger charge is 2.10. The predicted molar refractivity (Wildman–Crippen MR) is 89.8 cm³/mol. The quantitative estimate of drug-likeness (QED) is 0.797. The van der Waals surface area contributed by atoms with E-state index >= 15 is 0 Å². The molecule has 24 heavy (non-hydrogen) atoms. The minimum absolute atomic E-state index is 0.228. The Morgan fingerprint density at radius 3 is 2.29 bits per heavy atom. The number of nitrogens with zero attached hydrogens (tertiary/aromatic N) is 1. The van der Waals surface area contributed by atoms with Crippen molar-refractivity contribution in [3.8, 4) is 6.07 Å². The maximum Gasteiger partial charge on any atom is 0.255 e. The van der Waals surface area contributed by atoms with Crippen molar-refractivity contribution in [2.45, 2.75) is 0 Å². The van der Waals surface area contributed by atoms with Gasteiger partial charge in [0.2, 0.25) is 0 Å². The maximum absolute atomic E-state index is 12.2. The van der Waals surface area contributed by atoms with Gasteiger partial charge in [-0.25, -0.2) is 0 Å². The van der Waals surface area contributed by atoms with E-state index in [2.05, 4.69) is 10.6 Å². The minimum atomic E-state index is -0.343. The molecule has 2 rings (SSSR count). The lowest BCUT2D eigenvalue weighted by Gasteiger charge is -2.08. The number of methoxy groups -OCH3 is 1. The molecule has 0 aliphatic carbocycles. The number of amides is 2. The molecule has 0 saturated carbocycles. The molecule has 6 heteroatoms. The number of nitriles is 1. The van der Waals surface area contributed by atoms with Crippen LogP contribution in [0.1, 0.15) is 26.3 Å². The van der Waals surface area contributed by atoms with Gasteiger partial charge in [0.15, 0.2) is 0 Å². The van der Waals surface area contributed by atoms with Crippen molar-refractivity contribution < 1.29 is 14.3 Å². The molecule has 0 aromatic heterocycles. The zero-order chi connectivity index (χ0) is 17.4. The molecule has 2 aromatic carbocycles. The Bertz CT molecular complexity index is 764. The van der Waals surface area contributed by atoms with Crippen LogP contribution < -0.4 is 10.6 Å². The van der Waals surface area contributed by atoms with Gasteiger partial charge in [0.1, 0.15) is 6.07 Å². The van der Waals surface area contributed by atoms with Crippen LogP contribution >= 0.6 is 0 Å². The highest BCUT2D eigenvalue weighted by Crippen LogP contribution is 2.15. The van der Waals surface area contributed by atoms with Crippen LogP contribution in [-0.2, 0) is 4.74 Å². The third kappa shape index (κ3) is 4.41. The van der Waals surface area contributed by atoms with E-state index in [1.807, 2.05) is 6.07 Å². The van der Waals surface area contributed by atoms with Crippen molar-refractivity contribution >= 4 is 17.5 Å². The molecule has 0 fully saturated rings. The van der Waals surface area contributed by atoms with E-state index in [-0.39, 0.29) is 11.8 Å². The number of nitrogens with one attached hydrogen (secondary N) is 2. The number of benzene rings is 2. The SMILES string of the molecule is COCCNC(=O)c1ccc(C(=O)Nc2ccccc2C#N)cc1. The second-order valence-electron chi connectivity index (χ2n) is 4.94. The summed E-state index contributed by atoms with van der Waals surface area (Å²) in [6.45, 7) is 0.854. The molecule has 0 radical (unpaired) electrons. The molecule has 6 nitrogen and oxygen atoms in total. The van der Waals surface area contributed by atoms with Gasteiger partial charge < -0.3 is 15.4 Å². The molecule has 2 N–H and O–H groups in total. The third-order valence-corrected chi connectivity index (χ3v) is 3.30. The van der Waals surface area contributed by atoms with Gasteiger partial charge in [-0.2, -0.15) is 5.26 Å². The fourth-order valence-corrected chi connectivity index (χ4v) is 2.03. The second-order valence-corrected chi connectivity index (χ2v) is 4.94. The first-order chi connectivity index (χ1) is 11.7. The summed E-state index contributed by atoms with van der Waals surface area (Å²) in [5, 5.41) is 14.4. The van der Waals surface area contributed by atoms with Gasteiger partial charge in [-0.15, -0.1) is 0 Å². The molecule has 2 amide bonds. The molecule has 0 aliphatic heterocycles. The van der Waals surface area contributed by atoms with Crippen molar-refractivity contribution in [3.05, 3.63) is 65.2 Å². The number of rotatable bonds is 6. The van der Waals surface area contributed by atoms with Crippen LogP contribution in [0.3, 0.4) is 0 Å². The van der Waals surface area contributed by atoms with Crippen LogP contribution in [0.4, 0.5) is 5.69 Å². The van der Waals surface area contributed by atoms with Crippen LogP contribution in [0.5, 0.6) is 0 Å². The van der Waals surface area contributed by atoms with E-state index < -0.39 is 0 Å².